The lowest BCUT2D eigenvalue weighted by Gasteiger charge is -2.11. The van der Waals surface area contributed by atoms with Gasteiger partial charge in [-0.2, -0.15) is 0 Å². The van der Waals surface area contributed by atoms with E-state index in [0.29, 0.717) is 22.9 Å². The Balaban J connectivity index is 2.67. The molecule has 1 aromatic carbocycles. The first kappa shape index (κ1) is 14.6. The van der Waals surface area contributed by atoms with Gasteiger partial charge in [-0.1, -0.05) is 49.0 Å². The highest BCUT2D eigenvalue weighted by atomic mass is 35.5. The topological polar surface area (TPSA) is 67.8 Å². The molecule has 0 amide bonds. The van der Waals surface area contributed by atoms with E-state index >= 15 is 0 Å². The van der Waals surface area contributed by atoms with E-state index in [1.165, 1.54) is 12.8 Å². The summed E-state index contributed by atoms with van der Waals surface area (Å²) in [4.78, 5) is 0. The number of hydrogen-bond acceptors (Lipinski definition) is 3. The van der Waals surface area contributed by atoms with E-state index in [-0.39, 0.29) is 5.84 Å². The number of hydrogen-bond donors (Lipinski definition) is 2. The molecular weight excluding hydrogens is 252 g/mol. The highest BCUT2D eigenvalue weighted by Gasteiger charge is 2.12. The molecule has 3 N–H and O–H groups in total. The van der Waals surface area contributed by atoms with Crippen molar-refractivity contribution >= 4 is 17.4 Å². The van der Waals surface area contributed by atoms with Gasteiger partial charge in [0.15, 0.2) is 5.84 Å². The van der Waals surface area contributed by atoms with Crippen LogP contribution in [0.25, 0.3) is 0 Å². The zero-order valence-corrected chi connectivity index (χ0v) is 11.3. The molecule has 1 aromatic rings. The van der Waals surface area contributed by atoms with Crippen LogP contribution in [0.1, 0.15) is 38.2 Å². The SMILES string of the molecule is CCCCCCOc1cccc(Cl)c1C(N)=NO. The lowest BCUT2D eigenvalue weighted by Crippen LogP contribution is -2.15. The minimum atomic E-state index is -0.0378. The minimum absolute atomic E-state index is 0.0378. The van der Waals surface area contributed by atoms with Gasteiger partial charge in [0, 0.05) is 0 Å². The Kier molecular flexibility index (Phi) is 6.36. The van der Waals surface area contributed by atoms with Crippen molar-refractivity contribution in [1.29, 1.82) is 0 Å². The minimum Gasteiger partial charge on any atom is -0.493 e. The molecule has 18 heavy (non-hydrogen) atoms. The fourth-order valence-corrected chi connectivity index (χ4v) is 1.90. The average molecular weight is 271 g/mol. The van der Waals surface area contributed by atoms with E-state index in [1.54, 1.807) is 18.2 Å². The third kappa shape index (κ3) is 4.11. The molecule has 0 spiro atoms. The van der Waals surface area contributed by atoms with Crippen LogP contribution in [0.2, 0.25) is 5.02 Å². The summed E-state index contributed by atoms with van der Waals surface area (Å²) >= 11 is 6.01. The summed E-state index contributed by atoms with van der Waals surface area (Å²) in [5.74, 6) is 0.512. The first-order chi connectivity index (χ1) is 8.70. The predicted molar refractivity (Wildman–Crippen MR) is 73.6 cm³/mol. The zero-order chi connectivity index (χ0) is 13.4. The average Bonchev–Trinajstić information content (AvgIpc) is 2.38. The van der Waals surface area contributed by atoms with Crippen LogP contribution in [0.5, 0.6) is 5.75 Å². The number of benzene rings is 1. The first-order valence-electron chi connectivity index (χ1n) is 6.10. The maximum Gasteiger partial charge on any atom is 0.175 e. The van der Waals surface area contributed by atoms with E-state index < -0.39 is 0 Å². The van der Waals surface area contributed by atoms with Crippen molar-refractivity contribution in [1.82, 2.24) is 0 Å². The third-order valence-corrected chi connectivity index (χ3v) is 2.91. The van der Waals surface area contributed by atoms with Crippen LogP contribution in [-0.2, 0) is 0 Å². The number of oxime groups is 1. The van der Waals surface area contributed by atoms with Crippen molar-refractivity contribution in [3.8, 4) is 5.75 Å². The molecule has 5 heteroatoms. The van der Waals surface area contributed by atoms with E-state index in [4.69, 9.17) is 27.3 Å². The largest absolute Gasteiger partial charge is 0.493 e. The van der Waals surface area contributed by atoms with E-state index in [1.807, 2.05) is 0 Å². The summed E-state index contributed by atoms with van der Waals surface area (Å²) in [5, 5.41) is 12.1. The van der Waals surface area contributed by atoms with Crippen LogP contribution in [0.4, 0.5) is 0 Å². The summed E-state index contributed by atoms with van der Waals surface area (Å²) in [6, 6.07) is 5.22. The van der Waals surface area contributed by atoms with Gasteiger partial charge >= 0.3 is 0 Å². The van der Waals surface area contributed by atoms with E-state index in [0.717, 1.165) is 12.8 Å². The molecule has 0 aliphatic heterocycles. The van der Waals surface area contributed by atoms with Crippen LogP contribution in [0.15, 0.2) is 23.4 Å². The molecule has 4 nitrogen and oxygen atoms in total. The second kappa shape index (κ2) is 7.82. The fraction of sp³-hybridized carbons (Fsp3) is 0.462. The molecular formula is C13H19ClN2O2. The molecule has 1 rings (SSSR count). The van der Waals surface area contributed by atoms with Gasteiger partial charge in [-0.25, -0.2) is 0 Å². The monoisotopic (exact) mass is 270 g/mol. The van der Waals surface area contributed by atoms with E-state index in [9.17, 15) is 0 Å². The highest BCUT2D eigenvalue weighted by Crippen LogP contribution is 2.26. The molecule has 0 aliphatic carbocycles. The second-order valence-corrected chi connectivity index (χ2v) is 4.41. The molecule has 0 aromatic heterocycles. The summed E-state index contributed by atoms with van der Waals surface area (Å²) < 4.78 is 5.63. The lowest BCUT2D eigenvalue weighted by molar-refractivity contribution is 0.302. The first-order valence-corrected chi connectivity index (χ1v) is 6.47. The number of halogens is 1. The molecule has 0 saturated heterocycles. The Morgan fingerprint density at radius 3 is 2.83 bits per heavy atom. The second-order valence-electron chi connectivity index (χ2n) is 4.01. The Bertz CT molecular complexity index is 408. The molecule has 0 saturated carbocycles. The quantitative estimate of drug-likeness (QED) is 0.262. The Morgan fingerprint density at radius 2 is 2.17 bits per heavy atom. The molecule has 0 aliphatic rings. The van der Waals surface area contributed by atoms with Crippen molar-refractivity contribution in [2.75, 3.05) is 6.61 Å². The number of amidine groups is 1. The van der Waals surface area contributed by atoms with Crippen LogP contribution >= 0.6 is 11.6 Å². The van der Waals surface area contributed by atoms with Gasteiger partial charge in [-0.3, -0.25) is 0 Å². The summed E-state index contributed by atoms with van der Waals surface area (Å²) in [5.41, 5.74) is 6.03. The molecule has 0 bridgehead atoms. The van der Waals surface area contributed by atoms with Crippen LogP contribution < -0.4 is 10.5 Å². The molecule has 100 valence electrons. The van der Waals surface area contributed by atoms with Crippen molar-refractivity contribution in [2.45, 2.75) is 32.6 Å². The normalized spacial score (nSPS) is 11.6. The molecule has 0 radical (unpaired) electrons. The smallest absolute Gasteiger partial charge is 0.175 e. The number of ether oxygens (including phenoxy) is 1. The maximum absolute atomic E-state index is 8.73. The fourth-order valence-electron chi connectivity index (χ4n) is 1.63. The molecule has 0 atom stereocenters. The van der Waals surface area contributed by atoms with Gasteiger partial charge in [0.05, 0.1) is 17.2 Å². The number of unbranched alkanes of at least 4 members (excludes halogenated alkanes) is 3. The van der Waals surface area contributed by atoms with Gasteiger partial charge in [0.1, 0.15) is 5.75 Å². The third-order valence-electron chi connectivity index (χ3n) is 2.59. The number of rotatable bonds is 7. The molecule has 0 fully saturated rings. The Morgan fingerprint density at radius 1 is 1.39 bits per heavy atom. The summed E-state index contributed by atoms with van der Waals surface area (Å²) in [6.45, 7) is 2.76. The standard InChI is InChI=1S/C13H19ClN2O2/c1-2-3-4-5-9-18-11-8-6-7-10(14)12(11)13(15)16-17/h6-8,17H,2-5,9H2,1H3,(H2,15,16). The molecule has 0 heterocycles. The van der Waals surface area contributed by atoms with Gasteiger partial charge in [-0.05, 0) is 18.6 Å². The van der Waals surface area contributed by atoms with Gasteiger partial charge in [0.2, 0.25) is 0 Å². The highest BCUT2D eigenvalue weighted by molar-refractivity contribution is 6.34. The van der Waals surface area contributed by atoms with Crippen LogP contribution in [-0.4, -0.2) is 17.6 Å². The number of nitrogens with two attached hydrogens (primary N) is 1. The summed E-state index contributed by atoms with van der Waals surface area (Å²) in [7, 11) is 0. The van der Waals surface area contributed by atoms with Gasteiger partial charge < -0.3 is 15.7 Å². The molecule has 0 unspecified atom stereocenters. The van der Waals surface area contributed by atoms with Gasteiger partial charge in [-0.15, -0.1) is 0 Å². The van der Waals surface area contributed by atoms with Crippen LogP contribution in [0.3, 0.4) is 0 Å². The summed E-state index contributed by atoms with van der Waals surface area (Å²) in [6.07, 6.45) is 4.50. The predicted octanol–water partition coefficient (Wildman–Crippen LogP) is 3.39. The maximum atomic E-state index is 8.73. The van der Waals surface area contributed by atoms with Crippen molar-refractivity contribution < 1.29 is 9.94 Å². The number of nitrogens with zero attached hydrogens (tertiary/aromatic N) is 1. The van der Waals surface area contributed by atoms with Crippen molar-refractivity contribution in [2.24, 2.45) is 10.9 Å². The van der Waals surface area contributed by atoms with Crippen LogP contribution in [0, 0.1) is 0 Å². The van der Waals surface area contributed by atoms with E-state index in [2.05, 4.69) is 12.1 Å². The Hall–Kier alpha value is -1.42. The Labute approximate surface area is 112 Å². The van der Waals surface area contributed by atoms with Crippen molar-refractivity contribution in [3.63, 3.8) is 0 Å². The van der Waals surface area contributed by atoms with Gasteiger partial charge in [0.25, 0.3) is 0 Å². The zero-order valence-electron chi connectivity index (χ0n) is 10.5. The van der Waals surface area contributed by atoms with Crippen molar-refractivity contribution in [3.05, 3.63) is 28.8 Å². The lowest BCUT2D eigenvalue weighted by atomic mass is 10.2.